The first-order chi connectivity index (χ1) is 14.3. The highest BCUT2D eigenvalue weighted by Gasteiger charge is 2.19. The number of aromatic nitrogens is 1. The predicted molar refractivity (Wildman–Crippen MR) is 116 cm³/mol. The number of hydrogen-bond acceptors (Lipinski definition) is 4. The molecule has 3 aromatic rings. The second kappa shape index (κ2) is 9.38. The Hall–Kier alpha value is -2.75. The number of halogens is 3. The molecule has 0 unspecified atom stereocenters. The van der Waals surface area contributed by atoms with Crippen molar-refractivity contribution in [2.24, 2.45) is 0 Å². The van der Waals surface area contributed by atoms with E-state index in [4.69, 9.17) is 4.74 Å². The fourth-order valence-electron chi connectivity index (χ4n) is 3.13. The van der Waals surface area contributed by atoms with E-state index in [0.717, 1.165) is 9.26 Å². The van der Waals surface area contributed by atoms with Crippen molar-refractivity contribution in [3.8, 4) is 11.4 Å². The van der Waals surface area contributed by atoms with Gasteiger partial charge in [0, 0.05) is 26.2 Å². The molecule has 0 bridgehead atoms. The Labute approximate surface area is 185 Å². The van der Waals surface area contributed by atoms with Crippen LogP contribution in [0.25, 0.3) is 5.69 Å². The molecule has 0 saturated carbocycles. The number of hydrogen-bond donors (Lipinski definition) is 0. The smallest absolute Gasteiger partial charge is 0.387 e. The first-order valence-electron chi connectivity index (χ1n) is 8.97. The molecule has 3 rings (SSSR count). The van der Waals surface area contributed by atoms with Crippen molar-refractivity contribution in [1.82, 2.24) is 4.57 Å². The lowest BCUT2D eigenvalue weighted by atomic mass is 10.1. The Morgan fingerprint density at radius 2 is 1.70 bits per heavy atom. The maximum Gasteiger partial charge on any atom is 0.387 e. The molecule has 0 saturated heterocycles. The van der Waals surface area contributed by atoms with E-state index in [-0.39, 0.29) is 18.1 Å². The molecule has 2 aromatic carbocycles. The lowest BCUT2D eigenvalue weighted by Gasteiger charge is -2.11. The van der Waals surface area contributed by atoms with Crippen LogP contribution in [0.5, 0.6) is 5.75 Å². The summed E-state index contributed by atoms with van der Waals surface area (Å²) in [6.07, 6.45) is 0. The van der Waals surface area contributed by atoms with Gasteiger partial charge >= 0.3 is 12.6 Å². The van der Waals surface area contributed by atoms with Crippen molar-refractivity contribution in [1.29, 1.82) is 0 Å². The van der Waals surface area contributed by atoms with Crippen LogP contribution in [0.4, 0.5) is 8.78 Å². The highest BCUT2D eigenvalue weighted by atomic mass is 127. The second-order valence-electron chi connectivity index (χ2n) is 6.47. The largest absolute Gasteiger partial charge is 0.454 e. The summed E-state index contributed by atoms with van der Waals surface area (Å²) in [6.45, 7) is 0.323. The Kier molecular flexibility index (Phi) is 6.86. The maximum absolute atomic E-state index is 12.7. The first-order valence-corrected chi connectivity index (χ1v) is 10.0. The number of nitrogens with zero attached hydrogens (tertiary/aromatic N) is 1. The zero-order chi connectivity index (χ0) is 21.8. The molecular weight excluding hydrogens is 507 g/mol. The molecule has 0 atom stereocenters. The predicted octanol–water partition coefficient (Wildman–Crippen LogP) is 5.34. The zero-order valence-corrected chi connectivity index (χ0v) is 18.4. The number of ether oxygens (including phenoxy) is 2. The van der Waals surface area contributed by atoms with Gasteiger partial charge in [-0.3, -0.25) is 4.79 Å². The molecule has 0 aliphatic heterocycles. The molecule has 1 heterocycles. The summed E-state index contributed by atoms with van der Waals surface area (Å²) in [5, 5.41) is 0. The number of carbonyl (C=O) groups is 2. The maximum atomic E-state index is 12.7. The fraction of sp³-hybridized carbons (Fsp3) is 0.182. The average molecular weight is 525 g/mol. The summed E-state index contributed by atoms with van der Waals surface area (Å²) in [4.78, 5) is 24.9. The van der Waals surface area contributed by atoms with E-state index < -0.39 is 12.6 Å². The first kappa shape index (κ1) is 21.9. The van der Waals surface area contributed by atoms with E-state index in [1.807, 2.05) is 40.1 Å². The summed E-state index contributed by atoms with van der Waals surface area (Å²) in [6, 6.07) is 14.8. The monoisotopic (exact) mass is 525 g/mol. The number of Topliss-reactive ketones (excluding diaryl/α,β-unsaturated/α-hetero) is 1. The van der Waals surface area contributed by atoms with Crippen LogP contribution in [0, 0.1) is 17.4 Å². The highest BCUT2D eigenvalue weighted by molar-refractivity contribution is 14.1. The Morgan fingerprint density at radius 1 is 1.03 bits per heavy atom. The van der Waals surface area contributed by atoms with Crippen LogP contribution >= 0.6 is 22.6 Å². The van der Waals surface area contributed by atoms with Gasteiger partial charge < -0.3 is 14.0 Å². The SMILES string of the molecule is Cc1cc(C(=O)COC(=O)c2ccccc2I)c(C)n1-c1ccc(OC(F)F)cc1. The summed E-state index contributed by atoms with van der Waals surface area (Å²) < 4.78 is 36.8. The van der Waals surface area contributed by atoms with Crippen LogP contribution in [-0.2, 0) is 4.74 Å². The normalized spacial score (nSPS) is 10.9. The third kappa shape index (κ3) is 4.86. The molecule has 8 heteroatoms. The number of carbonyl (C=O) groups excluding carboxylic acids is 2. The number of aryl methyl sites for hydroxylation is 1. The van der Waals surface area contributed by atoms with E-state index in [0.29, 0.717) is 22.5 Å². The third-order valence-electron chi connectivity index (χ3n) is 4.48. The standard InChI is InChI=1S/C22H18F2INO4/c1-13-11-18(20(27)12-29-21(28)17-5-3-4-6-19(17)25)14(2)26(13)15-7-9-16(10-8-15)30-22(23)24/h3-11,22H,12H2,1-2H3. The third-order valence-corrected chi connectivity index (χ3v) is 5.42. The molecule has 0 spiro atoms. The average Bonchev–Trinajstić information content (AvgIpc) is 3.01. The van der Waals surface area contributed by atoms with Crippen molar-refractivity contribution < 1.29 is 27.8 Å². The van der Waals surface area contributed by atoms with Gasteiger partial charge in [-0.1, -0.05) is 12.1 Å². The van der Waals surface area contributed by atoms with E-state index in [1.165, 1.54) is 12.1 Å². The van der Waals surface area contributed by atoms with Crippen molar-refractivity contribution in [3.05, 3.63) is 80.7 Å². The van der Waals surface area contributed by atoms with E-state index in [1.54, 1.807) is 43.3 Å². The number of alkyl halides is 2. The van der Waals surface area contributed by atoms with Gasteiger partial charge in [-0.15, -0.1) is 0 Å². The summed E-state index contributed by atoms with van der Waals surface area (Å²) in [7, 11) is 0. The van der Waals surface area contributed by atoms with E-state index in [2.05, 4.69) is 4.74 Å². The van der Waals surface area contributed by atoms with Gasteiger partial charge in [0.25, 0.3) is 0 Å². The summed E-state index contributed by atoms with van der Waals surface area (Å²) >= 11 is 2.03. The highest BCUT2D eigenvalue weighted by Crippen LogP contribution is 2.24. The van der Waals surface area contributed by atoms with Crippen LogP contribution in [-0.4, -0.2) is 29.5 Å². The van der Waals surface area contributed by atoms with Crippen LogP contribution in [0.3, 0.4) is 0 Å². The van der Waals surface area contributed by atoms with Crippen molar-refractivity contribution in [2.75, 3.05) is 6.61 Å². The molecule has 5 nitrogen and oxygen atoms in total. The van der Waals surface area contributed by atoms with Gasteiger partial charge in [0.1, 0.15) is 5.75 Å². The molecular formula is C22H18F2INO4. The van der Waals surface area contributed by atoms with Crippen LogP contribution in [0.15, 0.2) is 54.6 Å². The number of ketones is 1. The molecule has 0 aliphatic carbocycles. The molecule has 1 aromatic heterocycles. The number of esters is 1. The van der Waals surface area contributed by atoms with E-state index in [9.17, 15) is 18.4 Å². The van der Waals surface area contributed by atoms with Gasteiger partial charge in [-0.2, -0.15) is 8.78 Å². The summed E-state index contributed by atoms with van der Waals surface area (Å²) in [5.74, 6) is -0.835. The molecule has 156 valence electrons. The second-order valence-corrected chi connectivity index (χ2v) is 7.63. The number of benzene rings is 2. The van der Waals surface area contributed by atoms with E-state index >= 15 is 0 Å². The minimum absolute atomic E-state index is 0.0509. The minimum atomic E-state index is -2.89. The van der Waals surface area contributed by atoms with Crippen molar-refractivity contribution >= 4 is 34.3 Å². The molecule has 0 N–H and O–H groups in total. The zero-order valence-electron chi connectivity index (χ0n) is 16.2. The molecule has 0 amide bonds. The molecule has 30 heavy (non-hydrogen) atoms. The van der Waals surface area contributed by atoms with Crippen molar-refractivity contribution in [2.45, 2.75) is 20.5 Å². The lowest BCUT2D eigenvalue weighted by Crippen LogP contribution is -2.15. The van der Waals surface area contributed by atoms with Gasteiger partial charge in [-0.05, 0) is 78.9 Å². The quantitative estimate of drug-likeness (QED) is 0.238. The van der Waals surface area contributed by atoms with Crippen molar-refractivity contribution in [3.63, 3.8) is 0 Å². The number of rotatable bonds is 7. The Bertz CT molecular complexity index is 1080. The lowest BCUT2D eigenvalue weighted by molar-refractivity contribution is -0.0498. The molecule has 0 aliphatic rings. The van der Waals surface area contributed by atoms with Gasteiger partial charge in [0.15, 0.2) is 6.61 Å². The molecule has 0 fully saturated rings. The fourth-order valence-corrected chi connectivity index (χ4v) is 3.74. The van der Waals surface area contributed by atoms with Crippen LogP contribution in [0.2, 0.25) is 0 Å². The minimum Gasteiger partial charge on any atom is -0.454 e. The van der Waals surface area contributed by atoms with Gasteiger partial charge in [0.05, 0.1) is 5.56 Å². The Morgan fingerprint density at radius 3 is 2.33 bits per heavy atom. The van der Waals surface area contributed by atoms with Gasteiger partial charge in [-0.25, -0.2) is 4.79 Å². The van der Waals surface area contributed by atoms with Crippen LogP contribution in [0.1, 0.15) is 32.1 Å². The molecule has 0 radical (unpaired) electrons. The Balaban J connectivity index is 1.75. The topological polar surface area (TPSA) is 57.5 Å². The van der Waals surface area contributed by atoms with Gasteiger partial charge in [0.2, 0.25) is 5.78 Å². The van der Waals surface area contributed by atoms with Crippen LogP contribution < -0.4 is 4.74 Å². The summed E-state index contributed by atoms with van der Waals surface area (Å²) in [5.41, 5.74) is 2.97.